The molecule has 3 nitrogen and oxygen atoms in total. The van der Waals surface area contributed by atoms with E-state index in [0.29, 0.717) is 32.3 Å². The van der Waals surface area contributed by atoms with Gasteiger partial charge >= 0.3 is 0 Å². The van der Waals surface area contributed by atoms with Gasteiger partial charge in [0, 0.05) is 16.1 Å². The highest BCUT2D eigenvalue weighted by atomic mass is 79.9. The van der Waals surface area contributed by atoms with Crippen molar-refractivity contribution < 1.29 is 13.2 Å². The molecule has 5 heteroatoms. The van der Waals surface area contributed by atoms with Crippen LogP contribution in [0.5, 0.6) is 0 Å². The fourth-order valence-corrected chi connectivity index (χ4v) is 3.25. The van der Waals surface area contributed by atoms with Crippen LogP contribution in [0.1, 0.15) is 5.56 Å². The second kappa shape index (κ2) is 5.06. The summed E-state index contributed by atoms with van der Waals surface area (Å²) in [4.78, 5) is 12.4. The number of benzene rings is 2. The van der Waals surface area contributed by atoms with Gasteiger partial charge in [0.1, 0.15) is 22.7 Å². The molecule has 0 fully saturated rings. The highest BCUT2D eigenvalue weighted by Gasteiger charge is 2.15. The minimum Gasteiger partial charge on any atom is -0.464 e. The Hall–Kier alpha value is -2.40. The number of aryl methyl sites for hydroxylation is 1. The maximum absolute atomic E-state index is 13.3. The number of rotatable bonds is 1. The summed E-state index contributed by atoms with van der Waals surface area (Å²) in [6.07, 6.45) is 1.63. The Bertz CT molecular complexity index is 1120. The number of hydrogen-bond acceptors (Lipinski definition) is 3. The molecule has 0 atom stereocenters. The number of fused-ring (bicyclic) bond motifs is 3. The molecule has 0 bridgehead atoms. The molecule has 0 unspecified atom stereocenters. The molecule has 0 saturated carbocycles. The quantitative estimate of drug-likeness (QED) is 0.448. The van der Waals surface area contributed by atoms with Gasteiger partial charge in [-0.25, -0.2) is 4.39 Å². The molecule has 4 aromatic rings. The standard InChI is InChI=1S/C18H10BrFO3/c1-9-8-22-15-5-4-12-14(21)7-16(23-18(12)17(9)15)11-3-2-10(20)6-13(11)19/h2-8H,1H3. The van der Waals surface area contributed by atoms with E-state index in [0.717, 1.165) is 10.9 Å². The van der Waals surface area contributed by atoms with Gasteiger partial charge < -0.3 is 8.83 Å². The van der Waals surface area contributed by atoms with Gasteiger partial charge in [-0.05, 0) is 58.7 Å². The summed E-state index contributed by atoms with van der Waals surface area (Å²) < 4.78 is 25.3. The molecule has 0 saturated heterocycles. The first-order valence-corrected chi connectivity index (χ1v) is 7.74. The predicted octanol–water partition coefficient (Wildman–Crippen LogP) is 5.42. The average molecular weight is 373 g/mol. The predicted molar refractivity (Wildman–Crippen MR) is 90.1 cm³/mol. The summed E-state index contributed by atoms with van der Waals surface area (Å²) in [6, 6.07) is 9.11. The van der Waals surface area contributed by atoms with Crippen LogP contribution in [0, 0.1) is 12.7 Å². The van der Waals surface area contributed by atoms with Crippen molar-refractivity contribution in [2.75, 3.05) is 0 Å². The van der Waals surface area contributed by atoms with Crippen molar-refractivity contribution in [1.82, 2.24) is 0 Å². The SMILES string of the molecule is Cc1coc2ccc3c(=O)cc(-c4ccc(F)cc4Br)oc3c12. The first-order chi connectivity index (χ1) is 11.0. The van der Waals surface area contributed by atoms with Crippen molar-refractivity contribution in [2.45, 2.75) is 6.92 Å². The lowest BCUT2D eigenvalue weighted by Gasteiger charge is -2.06. The van der Waals surface area contributed by atoms with Crippen LogP contribution >= 0.6 is 15.9 Å². The molecule has 0 amide bonds. The van der Waals surface area contributed by atoms with E-state index in [2.05, 4.69) is 15.9 Å². The van der Waals surface area contributed by atoms with E-state index >= 15 is 0 Å². The number of halogens is 2. The third-order valence-corrected chi connectivity index (χ3v) is 4.47. The van der Waals surface area contributed by atoms with Gasteiger partial charge in [0.2, 0.25) is 0 Å². The lowest BCUT2D eigenvalue weighted by atomic mass is 10.1. The van der Waals surface area contributed by atoms with E-state index in [9.17, 15) is 9.18 Å². The van der Waals surface area contributed by atoms with Crippen molar-refractivity contribution >= 4 is 37.9 Å². The van der Waals surface area contributed by atoms with Gasteiger partial charge in [-0.15, -0.1) is 0 Å². The maximum Gasteiger partial charge on any atom is 0.193 e. The molecule has 0 spiro atoms. The molecular weight excluding hydrogens is 363 g/mol. The molecule has 23 heavy (non-hydrogen) atoms. The molecule has 0 N–H and O–H groups in total. The summed E-state index contributed by atoms with van der Waals surface area (Å²) in [7, 11) is 0. The molecule has 0 aliphatic carbocycles. The summed E-state index contributed by atoms with van der Waals surface area (Å²) in [5, 5.41) is 1.27. The van der Waals surface area contributed by atoms with Crippen molar-refractivity contribution in [3.8, 4) is 11.3 Å². The van der Waals surface area contributed by atoms with Crippen LogP contribution in [0.15, 0.2) is 60.8 Å². The molecule has 114 valence electrons. The minimum absolute atomic E-state index is 0.153. The first kappa shape index (κ1) is 14.2. The number of furan rings is 1. The van der Waals surface area contributed by atoms with Gasteiger partial charge in [-0.2, -0.15) is 0 Å². The largest absolute Gasteiger partial charge is 0.464 e. The van der Waals surface area contributed by atoms with E-state index in [-0.39, 0.29) is 11.2 Å². The monoisotopic (exact) mass is 372 g/mol. The topological polar surface area (TPSA) is 43.4 Å². The Labute approximate surface area is 138 Å². The minimum atomic E-state index is -0.364. The van der Waals surface area contributed by atoms with Gasteiger partial charge in [0.25, 0.3) is 0 Å². The molecule has 0 aliphatic rings. The van der Waals surface area contributed by atoms with Gasteiger partial charge in [-0.1, -0.05) is 0 Å². The van der Waals surface area contributed by atoms with Crippen molar-refractivity contribution in [3.05, 3.63) is 68.7 Å². The Kier molecular flexibility index (Phi) is 3.13. The Morgan fingerprint density at radius 1 is 1.13 bits per heavy atom. The smallest absolute Gasteiger partial charge is 0.193 e. The zero-order valence-corrected chi connectivity index (χ0v) is 13.6. The Balaban J connectivity index is 2.11. The van der Waals surface area contributed by atoms with Crippen LogP contribution in [0.4, 0.5) is 4.39 Å². The third-order valence-electron chi connectivity index (χ3n) is 3.81. The zero-order chi connectivity index (χ0) is 16.1. The van der Waals surface area contributed by atoms with Crippen LogP contribution in [0.25, 0.3) is 33.3 Å². The fraction of sp³-hybridized carbons (Fsp3) is 0.0556. The van der Waals surface area contributed by atoms with E-state index in [1.54, 1.807) is 24.5 Å². The average Bonchev–Trinajstić information content (AvgIpc) is 2.89. The van der Waals surface area contributed by atoms with Crippen molar-refractivity contribution in [1.29, 1.82) is 0 Å². The molecule has 2 aromatic heterocycles. The highest BCUT2D eigenvalue weighted by molar-refractivity contribution is 9.10. The summed E-state index contributed by atoms with van der Waals surface area (Å²) >= 11 is 3.31. The summed E-state index contributed by atoms with van der Waals surface area (Å²) in [6.45, 7) is 1.89. The van der Waals surface area contributed by atoms with E-state index < -0.39 is 0 Å². The zero-order valence-electron chi connectivity index (χ0n) is 12.0. The van der Waals surface area contributed by atoms with E-state index in [1.165, 1.54) is 18.2 Å². The molecule has 0 radical (unpaired) electrons. The van der Waals surface area contributed by atoms with Gasteiger partial charge in [0.05, 0.1) is 17.0 Å². The van der Waals surface area contributed by atoms with E-state index in [4.69, 9.17) is 8.83 Å². The molecule has 2 aromatic carbocycles. The van der Waals surface area contributed by atoms with Crippen LogP contribution < -0.4 is 5.43 Å². The lowest BCUT2D eigenvalue weighted by Crippen LogP contribution is -2.00. The van der Waals surface area contributed by atoms with Crippen LogP contribution in [0.2, 0.25) is 0 Å². The molecule has 4 rings (SSSR count). The van der Waals surface area contributed by atoms with Crippen LogP contribution in [0.3, 0.4) is 0 Å². The summed E-state index contributed by atoms with van der Waals surface area (Å²) in [5.41, 5.74) is 2.49. The molecular formula is C18H10BrFO3. The Morgan fingerprint density at radius 3 is 2.74 bits per heavy atom. The van der Waals surface area contributed by atoms with E-state index in [1.807, 2.05) is 6.92 Å². The van der Waals surface area contributed by atoms with Crippen molar-refractivity contribution in [2.24, 2.45) is 0 Å². The van der Waals surface area contributed by atoms with Crippen LogP contribution in [-0.4, -0.2) is 0 Å². The normalized spacial score (nSPS) is 11.4. The highest BCUT2D eigenvalue weighted by Crippen LogP contribution is 2.33. The van der Waals surface area contributed by atoms with Crippen molar-refractivity contribution in [3.63, 3.8) is 0 Å². The summed E-state index contributed by atoms with van der Waals surface area (Å²) in [5.74, 6) is 0.0132. The maximum atomic E-state index is 13.3. The fourth-order valence-electron chi connectivity index (χ4n) is 2.71. The van der Waals surface area contributed by atoms with Gasteiger partial charge in [0.15, 0.2) is 5.43 Å². The number of hydrogen-bond donors (Lipinski definition) is 0. The lowest BCUT2D eigenvalue weighted by molar-refractivity contribution is 0.609. The first-order valence-electron chi connectivity index (χ1n) is 6.94. The Morgan fingerprint density at radius 2 is 1.96 bits per heavy atom. The van der Waals surface area contributed by atoms with Crippen LogP contribution in [-0.2, 0) is 0 Å². The molecule has 2 heterocycles. The van der Waals surface area contributed by atoms with Gasteiger partial charge in [-0.3, -0.25) is 4.79 Å². The molecule has 0 aliphatic heterocycles. The third kappa shape index (κ3) is 2.19. The second-order valence-electron chi connectivity index (χ2n) is 5.33. The second-order valence-corrected chi connectivity index (χ2v) is 6.19.